The van der Waals surface area contributed by atoms with Gasteiger partial charge in [-0.05, 0) is 94.8 Å². The van der Waals surface area contributed by atoms with Gasteiger partial charge in [-0.2, -0.15) is 0 Å². The molecule has 0 heterocycles. The molecule has 4 N–H and O–H groups in total. The standard InChI is InChI=1S/C34H30N2/c1-19-9-11-23(21(3)15-19)27-13-14-28-30-17-31(35)26-8-6-5-7-25(26)29(30)18-32(36)34(28)33(27)24-12-10-20(2)16-22(24)4/h5-18H,35-36H2,1-4H3. The van der Waals surface area contributed by atoms with Crippen molar-refractivity contribution in [3.8, 4) is 22.3 Å². The SMILES string of the molecule is Cc1ccc(-c2ccc3c(c(N)cc4c5ccccc5c(N)cc34)c2-c2ccc(C)cc2C)c(C)c1. The Morgan fingerprint density at radius 1 is 0.444 bits per heavy atom. The van der Waals surface area contributed by atoms with Crippen LogP contribution in [0, 0.1) is 27.7 Å². The molecule has 6 aromatic rings. The van der Waals surface area contributed by atoms with Crippen LogP contribution < -0.4 is 11.5 Å². The van der Waals surface area contributed by atoms with E-state index in [9.17, 15) is 0 Å². The van der Waals surface area contributed by atoms with E-state index in [4.69, 9.17) is 11.5 Å². The second-order valence-corrected chi connectivity index (χ2v) is 10.1. The fraction of sp³-hybridized carbons (Fsp3) is 0.118. The summed E-state index contributed by atoms with van der Waals surface area (Å²) in [5.41, 5.74) is 24.9. The van der Waals surface area contributed by atoms with Crippen molar-refractivity contribution in [3.63, 3.8) is 0 Å². The summed E-state index contributed by atoms with van der Waals surface area (Å²) in [7, 11) is 0. The highest BCUT2D eigenvalue weighted by Crippen LogP contribution is 2.46. The van der Waals surface area contributed by atoms with Gasteiger partial charge in [-0.3, -0.25) is 0 Å². The maximum atomic E-state index is 6.95. The molecule has 0 aliphatic heterocycles. The van der Waals surface area contributed by atoms with Crippen LogP contribution in [-0.2, 0) is 0 Å². The van der Waals surface area contributed by atoms with E-state index in [0.717, 1.165) is 43.7 Å². The number of nitrogens with two attached hydrogens (primary N) is 2. The summed E-state index contributed by atoms with van der Waals surface area (Å²) in [6.45, 7) is 8.66. The summed E-state index contributed by atoms with van der Waals surface area (Å²) in [6.07, 6.45) is 0. The van der Waals surface area contributed by atoms with E-state index in [0.29, 0.717) is 0 Å². The molecular formula is C34H30N2. The Morgan fingerprint density at radius 3 is 1.67 bits per heavy atom. The molecule has 6 aromatic carbocycles. The first kappa shape index (κ1) is 22.2. The van der Waals surface area contributed by atoms with E-state index in [1.165, 1.54) is 44.5 Å². The highest BCUT2D eigenvalue weighted by atomic mass is 14.6. The molecule has 0 spiro atoms. The van der Waals surface area contributed by atoms with Crippen LogP contribution in [0.4, 0.5) is 11.4 Å². The Hall–Kier alpha value is -4.30. The fourth-order valence-corrected chi connectivity index (χ4v) is 5.87. The predicted molar refractivity (Wildman–Crippen MR) is 158 cm³/mol. The lowest BCUT2D eigenvalue weighted by atomic mass is 9.84. The molecule has 2 nitrogen and oxygen atoms in total. The summed E-state index contributed by atoms with van der Waals surface area (Å²) >= 11 is 0. The summed E-state index contributed by atoms with van der Waals surface area (Å²) in [6, 6.07) is 30.4. The van der Waals surface area contributed by atoms with Crippen LogP contribution in [0.3, 0.4) is 0 Å². The smallest absolute Gasteiger partial charge is 0.0406 e. The third-order valence-electron chi connectivity index (χ3n) is 7.53. The number of nitrogen functional groups attached to an aromatic ring is 2. The highest BCUT2D eigenvalue weighted by Gasteiger charge is 2.19. The Labute approximate surface area is 212 Å². The van der Waals surface area contributed by atoms with Gasteiger partial charge in [0.1, 0.15) is 0 Å². The average Bonchev–Trinajstić information content (AvgIpc) is 2.85. The zero-order valence-electron chi connectivity index (χ0n) is 21.2. The molecule has 0 unspecified atom stereocenters. The number of benzene rings is 6. The van der Waals surface area contributed by atoms with Crippen LogP contribution in [0.1, 0.15) is 22.3 Å². The number of hydrogen-bond donors (Lipinski definition) is 2. The molecule has 0 amide bonds. The fourth-order valence-electron chi connectivity index (χ4n) is 5.87. The number of rotatable bonds is 2. The van der Waals surface area contributed by atoms with Crippen LogP contribution in [-0.4, -0.2) is 0 Å². The quantitative estimate of drug-likeness (QED) is 0.198. The van der Waals surface area contributed by atoms with E-state index >= 15 is 0 Å². The molecule has 2 heteroatoms. The number of fused-ring (bicyclic) bond motifs is 5. The van der Waals surface area contributed by atoms with Gasteiger partial charge in [-0.25, -0.2) is 0 Å². The molecule has 0 atom stereocenters. The van der Waals surface area contributed by atoms with Crippen molar-refractivity contribution in [3.05, 3.63) is 107 Å². The summed E-state index contributed by atoms with van der Waals surface area (Å²) in [5, 5.41) is 6.68. The maximum Gasteiger partial charge on any atom is 0.0406 e. The number of hydrogen-bond acceptors (Lipinski definition) is 2. The van der Waals surface area contributed by atoms with Crippen molar-refractivity contribution < 1.29 is 0 Å². The van der Waals surface area contributed by atoms with Crippen LogP contribution in [0.2, 0.25) is 0 Å². The van der Waals surface area contributed by atoms with E-state index < -0.39 is 0 Å². The molecule has 0 saturated heterocycles. The van der Waals surface area contributed by atoms with E-state index in [2.05, 4.69) is 107 Å². The lowest BCUT2D eigenvalue weighted by Gasteiger charge is -2.21. The molecule has 0 bridgehead atoms. The van der Waals surface area contributed by atoms with Crippen molar-refractivity contribution in [2.45, 2.75) is 27.7 Å². The molecule has 36 heavy (non-hydrogen) atoms. The molecule has 6 rings (SSSR count). The van der Waals surface area contributed by atoms with Crippen LogP contribution in [0.15, 0.2) is 84.9 Å². The van der Waals surface area contributed by atoms with Gasteiger partial charge in [0.15, 0.2) is 0 Å². The Balaban J connectivity index is 1.82. The maximum absolute atomic E-state index is 6.95. The third kappa shape index (κ3) is 3.33. The predicted octanol–water partition coefficient (Wildman–Crippen LogP) is 8.88. The van der Waals surface area contributed by atoms with Crippen molar-refractivity contribution >= 4 is 43.7 Å². The van der Waals surface area contributed by atoms with Crippen molar-refractivity contribution in [2.24, 2.45) is 0 Å². The van der Waals surface area contributed by atoms with E-state index in [1.807, 2.05) is 6.07 Å². The van der Waals surface area contributed by atoms with Crippen LogP contribution in [0.5, 0.6) is 0 Å². The topological polar surface area (TPSA) is 52.0 Å². The zero-order valence-corrected chi connectivity index (χ0v) is 21.2. The lowest BCUT2D eigenvalue weighted by molar-refractivity contribution is 1.37. The summed E-state index contributed by atoms with van der Waals surface area (Å²) in [4.78, 5) is 0. The summed E-state index contributed by atoms with van der Waals surface area (Å²) < 4.78 is 0. The number of aryl methyl sites for hydroxylation is 4. The minimum Gasteiger partial charge on any atom is -0.398 e. The molecule has 0 radical (unpaired) electrons. The van der Waals surface area contributed by atoms with Crippen LogP contribution in [0.25, 0.3) is 54.6 Å². The summed E-state index contributed by atoms with van der Waals surface area (Å²) in [5.74, 6) is 0. The second-order valence-electron chi connectivity index (χ2n) is 10.1. The monoisotopic (exact) mass is 466 g/mol. The van der Waals surface area contributed by atoms with Gasteiger partial charge in [-0.1, -0.05) is 83.9 Å². The first-order valence-electron chi connectivity index (χ1n) is 12.4. The van der Waals surface area contributed by atoms with Gasteiger partial charge in [0, 0.05) is 22.1 Å². The third-order valence-corrected chi connectivity index (χ3v) is 7.53. The normalized spacial score (nSPS) is 11.6. The van der Waals surface area contributed by atoms with Crippen LogP contribution >= 0.6 is 0 Å². The van der Waals surface area contributed by atoms with E-state index in [1.54, 1.807) is 0 Å². The molecule has 0 fully saturated rings. The van der Waals surface area contributed by atoms with Gasteiger partial charge in [0.05, 0.1) is 0 Å². The first-order chi connectivity index (χ1) is 17.3. The highest BCUT2D eigenvalue weighted by molar-refractivity contribution is 6.26. The zero-order chi connectivity index (χ0) is 25.1. The molecular weight excluding hydrogens is 436 g/mol. The average molecular weight is 467 g/mol. The van der Waals surface area contributed by atoms with E-state index in [-0.39, 0.29) is 0 Å². The van der Waals surface area contributed by atoms with Crippen molar-refractivity contribution in [2.75, 3.05) is 11.5 Å². The van der Waals surface area contributed by atoms with Crippen molar-refractivity contribution in [1.82, 2.24) is 0 Å². The molecule has 0 aliphatic carbocycles. The van der Waals surface area contributed by atoms with Gasteiger partial charge in [0.2, 0.25) is 0 Å². The minimum atomic E-state index is 0.786. The number of anilines is 2. The second kappa shape index (κ2) is 8.13. The Morgan fingerprint density at radius 2 is 1.00 bits per heavy atom. The Kier molecular flexibility index (Phi) is 5.01. The Bertz CT molecular complexity index is 1840. The molecule has 176 valence electrons. The van der Waals surface area contributed by atoms with Gasteiger partial charge < -0.3 is 11.5 Å². The molecule has 0 saturated carbocycles. The van der Waals surface area contributed by atoms with Gasteiger partial charge in [0.25, 0.3) is 0 Å². The van der Waals surface area contributed by atoms with Gasteiger partial charge >= 0.3 is 0 Å². The van der Waals surface area contributed by atoms with Gasteiger partial charge in [-0.15, -0.1) is 0 Å². The molecule has 0 aromatic heterocycles. The van der Waals surface area contributed by atoms with Crippen molar-refractivity contribution in [1.29, 1.82) is 0 Å². The minimum absolute atomic E-state index is 0.786. The first-order valence-corrected chi connectivity index (χ1v) is 12.4. The molecule has 0 aliphatic rings. The lowest BCUT2D eigenvalue weighted by Crippen LogP contribution is -1.98. The largest absolute Gasteiger partial charge is 0.398 e.